The molecular formula is C17H12N2O2S3. The number of aromatic nitrogens is 1. The molecule has 24 heavy (non-hydrogen) atoms. The lowest BCUT2D eigenvalue weighted by Gasteiger charge is -2.06. The van der Waals surface area contributed by atoms with Crippen LogP contribution < -0.4 is 4.72 Å². The van der Waals surface area contributed by atoms with E-state index in [1.165, 1.54) is 11.3 Å². The molecule has 4 aromatic rings. The van der Waals surface area contributed by atoms with E-state index in [-0.39, 0.29) is 4.90 Å². The number of thiazole rings is 1. The van der Waals surface area contributed by atoms with Crippen molar-refractivity contribution in [1.82, 2.24) is 4.98 Å². The summed E-state index contributed by atoms with van der Waals surface area (Å²) in [4.78, 5) is 5.61. The Hall–Kier alpha value is -2.22. The van der Waals surface area contributed by atoms with Crippen molar-refractivity contribution in [3.05, 3.63) is 65.4 Å². The Morgan fingerprint density at radius 1 is 0.917 bits per heavy atom. The molecule has 0 fully saturated rings. The molecule has 1 N–H and O–H groups in total. The molecule has 0 amide bonds. The van der Waals surface area contributed by atoms with E-state index in [1.807, 2.05) is 53.2 Å². The zero-order chi connectivity index (χ0) is 16.6. The van der Waals surface area contributed by atoms with Crippen molar-refractivity contribution >= 4 is 48.6 Å². The third-order valence-corrected chi connectivity index (χ3v) is 6.65. The normalized spacial score (nSPS) is 11.7. The molecule has 0 aliphatic carbocycles. The zero-order valence-corrected chi connectivity index (χ0v) is 14.8. The first-order chi connectivity index (χ1) is 11.6. The van der Waals surface area contributed by atoms with Crippen LogP contribution in [0.3, 0.4) is 0 Å². The number of fused-ring (bicyclic) bond motifs is 1. The van der Waals surface area contributed by atoms with Gasteiger partial charge in [-0.1, -0.05) is 36.4 Å². The van der Waals surface area contributed by atoms with Gasteiger partial charge in [0.25, 0.3) is 10.0 Å². The lowest BCUT2D eigenvalue weighted by atomic mass is 10.1. The van der Waals surface area contributed by atoms with Crippen LogP contribution >= 0.6 is 22.7 Å². The Balaban J connectivity index is 1.65. The topological polar surface area (TPSA) is 59.1 Å². The van der Waals surface area contributed by atoms with Crippen LogP contribution in [-0.4, -0.2) is 13.4 Å². The van der Waals surface area contributed by atoms with Gasteiger partial charge in [-0.3, -0.25) is 4.72 Å². The molecule has 2 aromatic carbocycles. The zero-order valence-electron chi connectivity index (χ0n) is 12.3. The van der Waals surface area contributed by atoms with Gasteiger partial charge in [0.15, 0.2) is 5.13 Å². The minimum atomic E-state index is -3.66. The number of hydrogen-bond donors (Lipinski definition) is 1. The maximum Gasteiger partial charge on any atom is 0.263 e. The summed E-state index contributed by atoms with van der Waals surface area (Å²) < 4.78 is 27.8. The number of anilines is 1. The monoisotopic (exact) mass is 372 g/mol. The molecule has 0 bridgehead atoms. The standard InChI is InChI=1S/C17H12N2O2S3/c20-24(21,14-8-7-12-4-1-2-5-13(12)10-14)19-17-18-15(11-23-17)16-6-3-9-22-16/h1-11H,(H,18,19). The van der Waals surface area contributed by atoms with Gasteiger partial charge in [-0.15, -0.1) is 22.7 Å². The average molecular weight is 372 g/mol. The summed E-state index contributed by atoms with van der Waals surface area (Å²) in [6.45, 7) is 0. The van der Waals surface area contributed by atoms with Crippen molar-refractivity contribution in [2.24, 2.45) is 0 Å². The van der Waals surface area contributed by atoms with Crippen molar-refractivity contribution in [1.29, 1.82) is 0 Å². The minimum absolute atomic E-state index is 0.231. The largest absolute Gasteiger partial charge is 0.263 e. The molecule has 2 aromatic heterocycles. The predicted octanol–water partition coefficient (Wildman–Crippen LogP) is 4.83. The van der Waals surface area contributed by atoms with Crippen molar-refractivity contribution in [3.8, 4) is 10.6 Å². The van der Waals surface area contributed by atoms with E-state index >= 15 is 0 Å². The average Bonchev–Trinajstić information content (AvgIpc) is 3.25. The summed E-state index contributed by atoms with van der Waals surface area (Å²) in [6.07, 6.45) is 0. The fraction of sp³-hybridized carbons (Fsp3) is 0. The number of nitrogens with zero attached hydrogens (tertiary/aromatic N) is 1. The fourth-order valence-corrected chi connectivity index (χ4v) is 5.13. The van der Waals surface area contributed by atoms with E-state index in [0.29, 0.717) is 5.13 Å². The van der Waals surface area contributed by atoms with Crippen LogP contribution in [0.25, 0.3) is 21.3 Å². The highest BCUT2D eigenvalue weighted by Gasteiger charge is 2.17. The Morgan fingerprint density at radius 3 is 2.54 bits per heavy atom. The van der Waals surface area contributed by atoms with Crippen molar-refractivity contribution in [2.75, 3.05) is 4.72 Å². The smallest absolute Gasteiger partial charge is 0.255 e. The second-order valence-electron chi connectivity index (χ2n) is 5.13. The van der Waals surface area contributed by atoms with Gasteiger partial charge < -0.3 is 0 Å². The fourth-order valence-electron chi connectivity index (χ4n) is 2.37. The SMILES string of the molecule is O=S(=O)(Nc1nc(-c2cccs2)cs1)c1ccc2ccccc2c1. The van der Waals surface area contributed by atoms with Gasteiger partial charge >= 0.3 is 0 Å². The van der Waals surface area contributed by atoms with Crippen LogP contribution in [0.4, 0.5) is 5.13 Å². The Labute approximate surface area is 147 Å². The van der Waals surface area contributed by atoms with E-state index in [4.69, 9.17) is 0 Å². The number of rotatable bonds is 4. The maximum absolute atomic E-state index is 12.6. The molecule has 0 aliphatic rings. The molecule has 0 unspecified atom stereocenters. The van der Waals surface area contributed by atoms with Crippen LogP contribution in [0, 0.1) is 0 Å². The van der Waals surface area contributed by atoms with E-state index in [1.54, 1.807) is 23.5 Å². The molecule has 0 atom stereocenters. The number of hydrogen-bond acceptors (Lipinski definition) is 5. The van der Waals surface area contributed by atoms with Gasteiger partial charge in [0.2, 0.25) is 0 Å². The Kier molecular flexibility index (Phi) is 3.84. The summed E-state index contributed by atoms with van der Waals surface area (Å²) in [5.41, 5.74) is 0.784. The van der Waals surface area contributed by atoms with Crippen LogP contribution in [0.15, 0.2) is 70.3 Å². The number of sulfonamides is 1. The van der Waals surface area contributed by atoms with E-state index < -0.39 is 10.0 Å². The molecule has 4 rings (SSSR count). The molecule has 7 heteroatoms. The quantitative estimate of drug-likeness (QED) is 0.558. The van der Waals surface area contributed by atoms with Gasteiger partial charge in [0, 0.05) is 5.38 Å². The first-order valence-electron chi connectivity index (χ1n) is 7.13. The van der Waals surface area contributed by atoms with Crippen molar-refractivity contribution in [3.63, 3.8) is 0 Å². The lowest BCUT2D eigenvalue weighted by Crippen LogP contribution is -2.12. The molecule has 120 valence electrons. The second kappa shape index (κ2) is 6.01. The molecule has 4 nitrogen and oxygen atoms in total. The van der Waals surface area contributed by atoms with E-state index in [9.17, 15) is 8.42 Å². The first kappa shape index (κ1) is 15.3. The summed E-state index contributed by atoms with van der Waals surface area (Å²) in [7, 11) is -3.66. The third kappa shape index (κ3) is 2.93. The highest BCUT2D eigenvalue weighted by Crippen LogP contribution is 2.29. The Bertz CT molecular complexity index is 1100. The number of nitrogens with one attached hydrogen (secondary N) is 1. The van der Waals surface area contributed by atoms with Gasteiger partial charge in [0.1, 0.15) is 0 Å². The molecule has 0 radical (unpaired) electrons. The molecule has 2 heterocycles. The summed E-state index contributed by atoms with van der Waals surface area (Å²) >= 11 is 2.85. The van der Waals surface area contributed by atoms with Crippen molar-refractivity contribution in [2.45, 2.75) is 4.90 Å². The van der Waals surface area contributed by atoms with Crippen molar-refractivity contribution < 1.29 is 8.42 Å². The second-order valence-corrected chi connectivity index (χ2v) is 8.62. The number of benzene rings is 2. The van der Waals surface area contributed by atoms with Gasteiger partial charge in [-0.25, -0.2) is 13.4 Å². The van der Waals surface area contributed by atoms with Gasteiger partial charge in [-0.2, -0.15) is 0 Å². The van der Waals surface area contributed by atoms with Crippen LogP contribution in [0.5, 0.6) is 0 Å². The predicted molar refractivity (Wildman–Crippen MR) is 100 cm³/mol. The van der Waals surface area contributed by atoms with Crippen LogP contribution in [-0.2, 0) is 10.0 Å². The summed E-state index contributed by atoms with van der Waals surface area (Å²) in [5, 5.41) is 6.08. The third-order valence-electron chi connectivity index (χ3n) is 3.53. The molecule has 0 saturated carbocycles. The molecular weight excluding hydrogens is 360 g/mol. The lowest BCUT2D eigenvalue weighted by molar-refractivity contribution is 0.601. The number of thiophene rings is 1. The minimum Gasteiger partial charge on any atom is -0.255 e. The highest BCUT2D eigenvalue weighted by molar-refractivity contribution is 7.93. The Morgan fingerprint density at radius 2 is 1.75 bits per heavy atom. The molecule has 0 saturated heterocycles. The van der Waals surface area contributed by atoms with Gasteiger partial charge in [0.05, 0.1) is 15.5 Å². The van der Waals surface area contributed by atoms with Gasteiger partial charge in [-0.05, 0) is 34.4 Å². The van der Waals surface area contributed by atoms with Crippen LogP contribution in [0.2, 0.25) is 0 Å². The van der Waals surface area contributed by atoms with E-state index in [0.717, 1.165) is 21.3 Å². The highest BCUT2D eigenvalue weighted by atomic mass is 32.2. The van der Waals surface area contributed by atoms with Crippen LogP contribution in [0.1, 0.15) is 0 Å². The van der Waals surface area contributed by atoms with E-state index in [2.05, 4.69) is 9.71 Å². The first-order valence-corrected chi connectivity index (χ1v) is 10.4. The summed E-state index contributed by atoms with van der Waals surface area (Å²) in [5.74, 6) is 0. The summed E-state index contributed by atoms with van der Waals surface area (Å²) in [6, 6.07) is 16.7. The maximum atomic E-state index is 12.6. The molecule has 0 aliphatic heterocycles. The molecule has 0 spiro atoms.